The molecule has 0 radical (unpaired) electrons. The van der Waals surface area contributed by atoms with E-state index in [1.807, 2.05) is 69.3 Å². The molecule has 3 nitrogen and oxygen atoms in total. The lowest BCUT2D eigenvalue weighted by Crippen LogP contribution is -2.27. The lowest BCUT2D eigenvalue weighted by atomic mass is 10.1. The molecule has 5 heteroatoms. The van der Waals surface area contributed by atoms with Gasteiger partial charge in [0.15, 0.2) is 0 Å². The molecule has 2 rings (SSSR count). The van der Waals surface area contributed by atoms with Crippen LogP contribution in [0.2, 0.25) is 0 Å². The maximum absolute atomic E-state index is 12.2. The first-order valence-corrected chi connectivity index (χ1v) is 9.25. The molecule has 0 spiro atoms. The summed E-state index contributed by atoms with van der Waals surface area (Å²) in [7, 11) is 0. The van der Waals surface area contributed by atoms with E-state index in [9.17, 15) is 4.79 Å². The summed E-state index contributed by atoms with van der Waals surface area (Å²) in [6.07, 6.45) is 0. The van der Waals surface area contributed by atoms with Crippen molar-refractivity contribution in [2.24, 2.45) is 5.10 Å². The third kappa shape index (κ3) is 5.66. The summed E-state index contributed by atoms with van der Waals surface area (Å²) in [5.74, 6) is -0.0968. The average molecular weight is 438 g/mol. The fourth-order valence-corrected chi connectivity index (χ4v) is 3.08. The summed E-state index contributed by atoms with van der Waals surface area (Å²) in [5, 5.41) is 4.00. The largest absolute Gasteiger partial charge is 0.272 e. The minimum absolute atomic E-state index is 0.0968. The molecule has 1 N–H and O–H groups in total. The molecule has 0 aliphatic heterocycles. The summed E-state index contributed by atoms with van der Waals surface area (Å²) in [6, 6.07) is 16.2. The van der Waals surface area contributed by atoms with Gasteiger partial charge in [0.25, 0.3) is 5.91 Å². The third-order valence-corrected chi connectivity index (χ3v) is 5.13. The van der Waals surface area contributed by atoms with Gasteiger partial charge < -0.3 is 0 Å². The molecule has 0 aliphatic rings. The Bertz CT molecular complexity index is 696. The Morgan fingerprint density at radius 3 is 2.35 bits per heavy atom. The van der Waals surface area contributed by atoms with Crippen molar-refractivity contribution in [2.75, 3.05) is 0 Å². The van der Waals surface area contributed by atoms with E-state index in [0.29, 0.717) is 0 Å². The maximum atomic E-state index is 12.2. The number of rotatable bonds is 5. The molecule has 2 aromatic carbocycles. The van der Waals surface area contributed by atoms with E-state index in [-0.39, 0.29) is 11.2 Å². The van der Waals surface area contributed by atoms with Crippen molar-refractivity contribution in [3.8, 4) is 0 Å². The van der Waals surface area contributed by atoms with Crippen LogP contribution in [0.3, 0.4) is 0 Å². The van der Waals surface area contributed by atoms with E-state index in [0.717, 1.165) is 16.2 Å². The molecule has 0 bridgehead atoms. The first-order valence-electron chi connectivity index (χ1n) is 7.29. The molecule has 0 saturated carbocycles. The molecular formula is C18H19IN2OS. The highest BCUT2D eigenvalue weighted by atomic mass is 127. The number of thioether (sulfide) groups is 1. The van der Waals surface area contributed by atoms with Gasteiger partial charge >= 0.3 is 0 Å². The summed E-state index contributed by atoms with van der Waals surface area (Å²) in [5.41, 5.74) is 5.66. The molecular weight excluding hydrogens is 419 g/mol. The van der Waals surface area contributed by atoms with Crippen molar-refractivity contribution in [3.05, 3.63) is 63.2 Å². The van der Waals surface area contributed by atoms with Gasteiger partial charge in [0.2, 0.25) is 0 Å². The Kier molecular flexibility index (Phi) is 6.65. The number of carbonyl (C=O) groups excluding carboxylic acids is 1. The molecule has 0 fully saturated rings. The Hall–Kier alpha value is -1.34. The minimum Gasteiger partial charge on any atom is -0.272 e. The van der Waals surface area contributed by atoms with Gasteiger partial charge in [-0.3, -0.25) is 4.79 Å². The van der Waals surface area contributed by atoms with Crippen LogP contribution in [0.15, 0.2) is 58.5 Å². The zero-order chi connectivity index (χ0) is 16.8. The van der Waals surface area contributed by atoms with Crippen LogP contribution in [0, 0.1) is 10.5 Å². The molecule has 0 heterocycles. The molecule has 0 aliphatic carbocycles. The summed E-state index contributed by atoms with van der Waals surface area (Å²) >= 11 is 3.79. The number of halogens is 1. The Labute approximate surface area is 155 Å². The van der Waals surface area contributed by atoms with Crippen LogP contribution in [0.25, 0.3) is 0 Å². The summed E-state index contributed by atoms with van der Waals surface area (Å²) in [6.45, 7) is 5.82. The smallest absolute Gasteiger partial charge is 0.253 e. The number of carbonyl (C=O) groups is 1. The highest BCUT2D eigenvalue weighted by Gasteiger charge is 2.13. The lowest BCUT2D eigenvalue weighted by Gasteiger charge is -2.10. The van der Waals surface area contributed by atoms with Crippen LogP contribution < -0.4 is 5.43 Å². The van der Waals surface area contributed by atoms with E-state index < -0.39 is 0 Å². The van der Waals surface area contributed by atoms with Crippen molar-refractivity contribution in [1.82, 2.24) is 5.43 Å². The van der Waals surface area contributed by atoms with E-state index >= 15 is 0 Å². The van der Waals surface area contributed by atoms with Crippen molar-refractivity contribution in [2.45, 2.75) is 30.9 Å². The third-order valence-electron chi connectivity index (χ3n) is 3.30. The fraction of sp³-hybridized carbons (Fsp3) is 0.222. The predicted octanol–water partition coefficient (Wildman–Crippen LogP) is 4.62. The lowest BCUT2D eigenvalue weighted by molar-refractivity contribution is -0.120. The number of hydrogen-bond acceptors (Lipinski definition) is 3. The number of aryl methyl sites for hydroxylation is 1. The topological polar surface area (TPSA) is 41.5 Å². The number of nitrogens with one attached hydrogen (secondary N) is 1. The van der Waals surface area contributed by atoms with E-state index in [1.54, 1.807) is 0 Å². The molecule has 0 saturated heterocycles. The van der Waals surface area contributed by atoms with Gasteiger partial charge in [-0.05, 0) is 73.2 Å². The van der Waals surface area contributed by atoms with Crippen LogP contribution in [-0.2, 0) is 4.79 Å². The molecule has 1 amide bonds. The molecule has 0 aromatic heterocycles. The molecule has 120 valence electrons. The first-order chi connectivity index (χ1) is 11.0. The van der Waals surface area contributed by atoms with Crippen LogP contribution in [-0.4, -0.2) is 16.9 Å². The van der Waals surface area contributed by atoms with E-state index in [4.69, 9.17) is 0 Å². The summed E-state index contributed by atoms with van der Waals surface area (Å²) in [4.78, 5) is 13.2. The number of hydrogen-bond donors (Lipinski definition) is 1. The second kappa shape index (κ2) is 8.49. The minimum atomic E-state index is -0.203. The van der Waals surface area contributed by atoms with Gasteiger partial charge in [0.05, 0.1) is 11.0 Å². The van der Waals surface area contributed by atoms with Crippen molar-refractivity contribution < 1.29 is 4.79 Å². The van der Waals surface area contributed by atoms with Crippen molar-refractivity contribution in [1.29, 1.82) is 0 Å². The number of hydrazone groups is 1. The van der Waals surface area contributed by atoms with Gasteiger partial charge in [-0.25, -0.2) is 5.43 Å². The molecule has 0 unspecified atom stereocenters. The molecule has 1 atom stereocenters. The molecule has 23 heavy (non-hydrogen) atoms. The highest BCUT2D eigenvalue weighted by molar-refractivity contribution is 14.1. The van der Waals surface area contributed by atoms with Crippen molar-refractivity contribution in [3.63, 3.8) is 0 Å². The van der Waals surface area contributed by atoms with Gasteiger partial charge in [0, 0.05) is 8.47 Å². The zero-order valence-corrected chi connectivity index (χ0v) is 16.3. The standard InChI is InChI=1S/C18H19IN2OS/c1-12-4-10-17(11-5-12)23-14(3)18(22)21-20-13(2)15-6-8-16(19)9-7-15/h4-11,14H,1-3H3,(H,21,22)/b20-13-/t14-/m1/s1. The SMILES string of the molecule is C/C(=N/NC(=O)[C@@H](C)Sc1ccc(C)cc1)c1ccc(I)cc1. The second-order valence-electron chi connectivity index (χ2n) is 5.25. The average Bonchev–Trinajstić information content (AvgIpc) is 2.55. The van der Waals surface area contributed by atoms with E-state index in [2.05, 4.69) is 33.1 Å². The Morgan fingerprint density at radius 1 is 1.13 bits per heavy atom. The zero-order valence-electron chi connectivity index (χ0n) is 13.3. The quantitative estimate of drug-likeness (QED) is 0.320. The van der Waals surface area contributed by atoms with Gasteiger partial charge in [0.1, 0.15) is 0 Å². The van der Waals surface area contributed by atoms with Gasteiger partial charge in [-0.2, -0.15) is 5.10 Å². The predicted molar refractivity (Wildman–Crippen MR) is 106 cm³/mol. The Morgan fingerprint density at radius 2 is 1.74 bits per heavy atom. The van der Waals surface area contributed by atoms with Gasteiger partial charge in [-0.15, -0.1) is 11.8 Å². The number of benzene rings is 2. The van der Waals surface area contributed by atoms with Crippen LogP contribution >= 0.6 is 34.4 Å². The maximum Gasteiger partial charge on any atom is 0.253 e. The molecule has 2 aromatic rings. The first kappa shape index (κ1) is 18.0. The van der Waals surface area contributed by atoms with Crippen LogP contribution in [0.1, 0.15) is 25.0 Å². The normalized spacial score (nSPS) is 12.8. The van der Waals surface area contributed by atoms with Crippen molar-refractivity contribution >= 4 is 46.0 Å². The van der Waals surface area contributed by atoms with Crippen LogP contribution in [0.5, 0.6) is 0 Å². The highest BCUT2D eigenvalue weighted by Crippen LogP contribution is 2.23. The number of nitrogens with zero attached hydrogens (tertiary/aromatic N) is 1. The summed E-state index contributed by atoms with van der Waals surface area (Å²) < 4.78 is 1.17. The monoisotopic (exact) mass is 438 g/mol. The van der Waals surface area contributed by atoms with E-state index in [1.165, 1.54) is 20.9 Å². The number of amides is 1. The van der Waals surface area contributed by atoms with Gasteiger partial charge in [-0.1, -0.05) is 29.8 Å². The fourth-order valence-electron chi connectivity index (χ4n) is 1.86. The van der Waals surface area contributed by atoms with Crippen LogP contribution in [0.4, 0.5) is 0 Å². The second-order valence-corrected chi connectivity index (χ2v) is 7.91. The Balaban J connectivity index is 1.93.